The lowest BCUT2D eigenvalue weighted by Crippen LogP contribution is -2.29. The van der Waals surface area contributed by atoms with E-state index in [1.54, 1.807) is 4.68 Å². The van der Waals surface area contributed by atoms with Gasteiger partial charge in [-0.25, -0.2) is 5.43 Å². The van der Waals surface area contributed by atoms with Gasteiger partial charge in [0.2, 0.25) is 0 Å². The SMILES string of the molecule is CCOc1cccc(C(NN)c2ccn(C)n2)c1. The van der Waals surface area contributed by atoms with Crippen LogP contribution in [0.2, 0.25) is 0 Å². The molecule has 0 aliphatic heterocycles. The first-order valence-corrected chi connectivity index (χ1v) is 5.93. The van der Waals surface area contributed by atoms with E-state index in [1.807, 2.05) is 50.5 Å². The summed E-state index contributed by atoms with van der Waals surface area (Å²) in [7, 11) is 1.88. The summed E-state index contributed by atoms with van der Waals surface area (Å²) in [5, 5.41) is 4.37. The Morgan fingerprint density at radius 2 is 2.28 bits per heavy atom. The zero-order valence-electron chi connectivity index (χ0n) is 10.6. The summed E-state index contributed by atoms with van der Waals surface area (Å²) in [6.45, 7) is 2.61. The first kappa shape index (κ1) is 12.6. The van der Waals surface area contributed by atoms with Crippen molar-refractivity contribution >= 4 is 0 Å². The van der Waals surface area contributed by atoms with Crippen molar-refractivity contribution in [2.24, 2.45) is 12.9 Å². The maximum Gasteiger partial charge on any atom is 0.119 e. The van der Waals surface area contributed by atoms with Gasteiger partial charge >= 0.3 is 0 Å². The number of hydrogen-bond acceptors (Lipinski definition) is 4. The predicted octanol–water partition coefficient (Wildman–Crippen LogP) is 1.37. The van der Waals surface area contributed by atoms with Crippen LogP contribution in [0.15, 0.2) is 36.5 Å². The number of hydrazine groups is 1. The number of rotatable bonds is 5. The first-order chi connectivity index (χ1) is 8.74. The van der Waals surface area contributed by atoms with E-state index in [0.717, 1.165) is 17.0 Å². The molecule has 2 rings (SSSR count). The second-order valence-corrected chi connectivity index (χ2v) is 4.02. The second kappa shape index (κ2) is 5.66. The molecular weight excluding hydrogens is 228 g/mol. The van der Waals surface area contributed by atoms with Gasteiger partial charge in [0, 0.05) is 13.2 Å². The summed E-state index contributed by atoms with van der Waals surface area (Å²) < 4.78 is 7.24. The van der Waals surface area contributed by atoms with Gasteiger partial charge in [-0.15, -0.1) is 0 Å². The topological polar surface area (TPSA) is 65.1 Å². The molecule has 2 aromatic rings. The molecular formula is C13H18N4O. The van der Waals surface area contributed by atoms with Gasteiger partial charge in [-0.2, -0.15) is 5.10 Å². The van der Waals surface area contributed by atoms with Crippen molar-refractivity contribution in [2.75, 3.05) is 6.61 Å². The van der Waals surface area contributed by atoms with Crippen LogP contribution in [0.3, 0.4) is 0 Å². The molecule has 0 bridgehead atoms. The van der Waals surface area contributed by atoms with Gasteiger partial charge in [0.15, 0.2) is 0 Å². The molecule has 1 aromatic heterocycles. The molecule has 1 unspecified atom stereocenters. The smallest absolute Gasteiger partial charge is 0.119 e. The average molecular weight is 246 g/mol. The molecule has 1 aromatic carbocycles. The molecule has 0 radical (unpaired) electrons. The number of hydrogen-bond donors (Lipinski definition) is 2. The maximum absolute atomic E-state index is 5.63. The van der Waals surface area contributed by atoms with Gasteiger partial charge in [-0.3, -0.25) is 10.5 Å². The van der Waals surface area contributed by atoms with E-state index >= 15 is 0 Å². The van der Waals surface area contributed by atoms with E-state index in [0.29, 0.717) is 6.61 Å². The largest absolute Gasteiger partial charge is 0.494 e. The minimum Gasteiger partial charge on any atom is -0.494 e. The van der Waals surface area contributed by atoms with Gasteiger partial charge in [0.05, 0.1) is 18.3 Å². The lowest BCUT2D eigenvalue weighted by Gasteiger charge is -2.15. The highest BCUT2D eigenvalue weighted by Gasteiger charge is 2.15. The molecule has 0 saturated carbocycles. The zero-order valence-corrected chi connectivity index (χ0v) is 10.6. The third kappa shape index (κ3) is 2.69. The fraction of sp³-hybridized carbons (Fsp3) is 0.308. The minimum atomic E-state index is -0.133. The van der Waals surface area contributed by atoms with Gasteiger partial charge in [0.25, 0.3) is 0 Å². The van der Waals surface area contributed by atoms with Crippen molar-refractivity contribution in [3.63, 3.8) is 0 Å². The van der Waals surface area contributed by atoms with Crippen LogP contribution in [0.4, 0.5) is 0 Å². The van der Waals surface area contributed by atoms with Crippen molar-refractivity contribution in [3.8, 4) is 5.75 Å². The van der Waals surface area contributed by atoms with Crippen molar-refractivity contribution in [3.05, 3.63) is 47.8 Å². The normalized spacial score (nSPS) is 12.4. The monoisotopic (exact) mass is 246 g/mol. The molecule has 1 heterocycles. The lowest BCUT2D eigenvalue weighted by atomic mass is 10.0. The van der Waals surface area contributed by atoms with E-state index in [1.165, 1.54) is 0 Å². The van der Waals surface area contributed by atoms with Gasteiger partial charge < -0.3 is 4.74 Å². The minimum absolute atomic E-state index is 0.133. The summed E-state index contributed by atoms with van der Waals surface area (Å²) in [6, 6.07) is 9.67. The van der Waals surface area contributed by atoms with Crippen LogP contribution in [0.5, 0.6) is 5.75 Å². The fourth-order valence-corrected chi connectivity index (χ4v) is 1.89. The number of nitrogens with one attached hydrogen (secondary N) is 1. The zero-order chi connectivity index (χ0) is 13.0. The molecule has 5 nitrogen and oxygen atoms in total. The molecule has 3 N–H and O–H groups in total. The maximum atomic E-state index is 5.63. The van der Waals surface area contributed by atoms with Gasteiger partial charge in [-0.1, -0.05) is 12.1 Å². The van der Waals surface area contributed by atoms with E-state index in [9.17, 15) is 0 Å². The van der Waals surface area contributed by atoms with Crippen molar-refractivity contribution < 1.29 is 4.74 Å². The number of aryl methyl sites for hydroxylation is 1. The highest BCUT2D eigenvalue weighted by Crippen LogP contribution is 2.23. The van der Waals surface area contributed by atoms with E-state index in [-0.39, 0.29) is 6.04 Å². The first-order valence-electron chi connectivity index (χ1n) is 5.93. The number of nitrogens with zero attached hydrogens (tertiary/aromatic N) is 2. The molecule has 0 spiro atoms. The van der Waals surface area contributed by atoms with Crippen LogP contribution in [0.1, 0.15) is 24.2 Å². The molecule has 5 heteroatoms. The van der Waals surface area contributed by atoms with Crippen LogP contribution in [0, 0.1) is 0 Å². The third-order valence-corrected chi connectivity index (χ3v) is 2.70. The third-order valence-electron chi connectivity index (χ3n) is 2.70. The van der Waals surface area contributed by atoms with Crippen LogP contribution in [-0.4, -0.2) is 16.4 Å². The van der Waals surface area contributed by atoms with E-state index in [4.69, 9.17) is 10.6 Å². The van der Waals surface area contributed by atoms with Crippen LogP contribution >= 0.6 is 0 Å². The number of benzene rings is 1. The van der Waals surface area contributed by atoms with Crippen LogP contribution in [0.25, 0.3) is 0 Å². The Kier molecular flexibility index (Phi) is 3.96. The summed E-state index contributed by atoms with van der Waals surface area (Å²) in [5.41, 5.74) is 4.70. The summed E-state index contributed by atoms with van der Waals surface area (Å²) in [6.07, 6.45) is 1.89. The molecule has 96 valence electrons. The Hall–Kier alpha value is -1.85. The van der Waals surface area contributed by atoms with E-state index < -0.39 is 0 Å². The Balaban J connectivity index is 2.29. The standard InChI is InChI=1S/C13H18N4O/c1-3-18-11-6-4-5-10(9-11)13(15-14)12-7-8-17(2)16-12/h4-9,13,15H,3,14H2,1-2H3. The van der Waals surface area contributed by atoms with Gasteiger partial charge in [-0.05, 0) is 30.7 Å². The van der Waals surface area contributed by atoms with Crippen molar-refractivity contribution in [1.82, 2.24) is 15.2 Å². The highest BCUT2D eigenvalue weighted by molar-refractivity contribution is 5.34. The van der Waals surface area contributed by atoms with Crippen molar-refractivity contribution in [1.29, 1.82) is 0 Å². The average Bonchev–Trinajstić information content (AvgIpc) is 2.78. The Bertz CT molecular complexity index is 509. The Labute approximate surface area is 107 Å². The Morgan fingerprint density at radius 3 is 2.89 bits per heavy atom. The van der Waals surface area contributed by atoms with Gasteiger partial charge in [0.1, 0.15) is 5.75 Å². The summed E-state index contributed by atoms with van der Waals surface area (Å²) >= 11 is 0. The lowest BCUT2D eigenvalue weighted by molar-refractivity contribution is 0.339. The quantitative estimate of drug-likeness (QED) is 0.618. The van der Waals surface area contributed by atoms with E-state index in [2.05, 4.69) is 10.5 Å². The second-order valence-electron chi connectivity index (χ2n) is 4.02. The molecule has 1 atom stereocenters. The van der Waals surface area contributed by atoms with Crippen LogP contribution < -0.4 is 16.0 Å². The Morgan fingerprint density at radius 1 is 1.44 bits per heavy atom. The molecule has 0 aliphatic carbocycles. The number of ether oxygens (including phenoxy) is 1. The fourth-order valence-electron chi connectivity index (χ4n) is 1.89. The summed E-state index contributed by atoms with van der Waals surface area (Å²) in [4.78, 5) is 0. The summed E-state index contributed by atoms with van der Waals surface area (Å²) in [5.74, 6) is 6.47. The molecule has 0 fully saturated rings. The van der Waals surface area contributed by atoms with Crippen LogP contribution in [-0.2, 0) is 7.05 Å². The number of aromatic nitrogens is 2. The molecule has 0 amide bonds. The molecule has 0 aliphatic rings. The predicted molar refractivity (Wildman–Crippen MR) is 70.0 cm³/mol. The molecule has 18 heavy (non-hydrogen) atoms. The molecule has 0 saturated heterocycles. The highest BCUT2D eigenvalue weighted by atomic mass is 16.5. The number of nitrogens with two attached hydrogens (primary N) is 1. The van der Waals surface area contributed by atoms with Crippen molar-refractivity contribution in [2.45, 2.75) is 13.0 Å².